The number of Topliss-reactive ketones (excluding diaryl/α,β-unsaturated/α-hetero) is 1. The lowest BCUT2D eigenvalue weighted by molar-refractivity contribution is -0.204. The third kappa shape index (κ3) is 70.3. The van der Waals surface area contributed by atoms with Crippen LogP contribution < -0.4 is 0 Å². The standard InChI is InChI=1S/C12H23NO3.C12H20O5.C11H18O4.C11H22O4.C11H20O3.C10H15NO4.C10H20O4.C10H18O3.C9H17ClO3.C9H18O3/c1-4-12(2,3)11(14)16-10-7-13-5-8-15-9-6-13;1-5-12(3,4)11(15)17-7-6-16-10(14)8-9(2)13;1-4-8(2)10(13)15-11(3)5-6-14-9(12)7-11;1-5-11(2,3)10(12)15-9-8-14-7-6-13-4;1-4-11(2,3)10(12)14-8-9-6-5-7-13-9;1-4-10(2,3)9(14)15-11-7(12)5-6-8(11)13;1-4-9(2)10(11)14-8-7-13-6-5-12-3;1-3-8(2)10(11)13-7-9-5-4-6-12-9;1-4-9(2,3)8(12)13-6-7(11)5-10;1-5-9(2,3)8(10)12-7-6-11-4/h4-10H2,1-3H3;5-8H2,1-4H3;8H,4-7H2,1-3H3;5-9H2,1-4H3;9H,4-8H2,1-3H3;4-6H2,1-3H3;9H,4-8H2,1-3H3;8-9H,3-7H2,1-2H3;7,11H,4-6H2,1-3H3;5-7H2,1-4H3. The minimum atomic E-state index is -0.765. The second kappa shape index (κ2) is 81.3. The Kier molecular flexibility index (Phi) is 81.7. The van der Waals surface area contributed by atoms with Gasteiger partial charge in [0.05, 0.1) is 146 Å². The third-order valence-electron chi connectivity index (χ3n) is 24.5. The Labute approximate surface area is 866 Å². The van der Waals surface area contributed by atoms with Crippen LogP contribution in [0, 0.1) is 55.7 Å². The molecule has 5 heterocycles. The van der Waals surface area contributed by atoms with Crippen LogP contribution in [0.3, 0.4) is 0 Å². The first-order valence-electron chi connectivity index (χ1n) is 51.1. The number of alkyl halides is 1. The van der Waals surface area contributed by atoms with E-state index in [-0.39, 0.29) is 163 Å². The first-order chi connectivity index (χ1) is 67.2. The first-order valence-corrected chi connectivity index (χ1v) is 51.7. The number of cyclic esters (lactones) is 1. The van der Waals surface area contributed by atoms with E-state index in [1.807, 2.05) is 159 Å². The van der Waals surface area contributed by atoms with E-state index >= 15 is 0 Å². The van der Waals surface area contributed by atoms with Crippen molar-refractivity contribution >= 4 is 101 Å². The number of hydrogen-bond acceptors (Lipinski definition) is 37. The van der Waals surface area contributed by atoms with Gasteiger partial charge in [0.15, 0.2) is 0 Å². The number of esters is 11. The van der Waals surface area contributed by atoms with Gasteiger partial charge in [0.1, 0.15) is 83.4 Å². The van der Waals surface area contributed by atoms with E-state index in [0.717, 1.165) is 117 Å². The highest BCUT2D eigenvalue weighted by Crippen LogP contribution is 2.30. The van der Waals surface area contributed by atoms with Crippen LogP contribution in [0.25, 0.3) is 0 Å². The van der Waals surface area contributed by atoms with E-state index in [9.17, 15) is 71.9 Å². The highest BCUT2D eigenvalue weighted by Gasteiger charge is 2.40. The molecule has 7 unspecified atom stereocenters. The van der Waals surface area contributed by atoms with Crippen molar-refractivity contribution in [3.63, 3.8) is 0 Å². The summed E-state index contributed by atoms with van der Waals surface area (Å²) in [5, 5.41) is 9.62. The fraction of sp³-hybridized carbons (Fsp3) is 0.857. The molecule has 5 saturated heterocycles. The Morgan fingerprint density at radius 1 is 0.424 bits per heavy atom. The van der Waals surface area contributed by atoms with Gasteiger partial charge in [-0.05, 0) is 201 Å². The van der Waals surface area contributed by atoms with Crippen LogP contribution in [0.4, 0.5) is 0 Å². The van der Waals surface area contributed by atoms with Crippen molar-refractivity contribution in [1.29, 1.82) is 0 Å². The highest BCUT2D eigenvalue weighted by atomic mass is 35.5. The van der Waals surface area contributed by atoms with Gasteiger partial charge < -0.3 is 99.9 Å². The molecule has 38 nitrogen and oxygen atoms in total. The highest BCUT2D eigenvalue weighted by molar-refractivity contribution is 6.18. The molecular weight excluding hydrogens is 1900 g/mol. The molecule has 39 heteroatoms. The van der Waals surface area contributed by atoms with Crippen molar-refractivity contribution < 1.29 is 172 Å². The van der Waals surface area contributed by atoms with Crippen LogP contribution in [-0.4, -0.2) is 314 Å². The van der Waals surface area contributed by atoms with Gasteiger partial charge in [0, 0.05) is 73.4 Å². The summed E-state index contributed by atoms with van der Waals surface area (Å²) in [6, 6.07) is 0. The zero-order chi connectivity index (χ0) is 112. The van der Waals surface area contributed by atoms with Gasteiger partial charge in [-0.3, -0.25) is 72.0 Å². The Morgan fingerprint density at radius 2 is 0.757 bits per heavy atom. The van der Waals surface area contributed by atoms with E-state index in [2.05, 4.69) is 4.90 Å². The number of carbonyl (C=O) groups excluding carboxylic acids is 15. The smallest absolute Gasteiger partial charge is 0.338 e. The third-order valence-corrected chi connectivity index (χ3v) is 24.9. The van der Waals surface area contributed by atoms with E-state index in [1.165, 1.54) is 6.92 Å². The number of aliphatic hydroxyl groups is 1. The van der Waals surface area contributed by atoms with Crippen molar-refractivity contribution in [3.8, 4) is 0 Å². The van der Waals surface area contributed by atoms with Gasteiger partial charge in [-0.15, -0.1) is 16.7 Å². The summed E-state index contributed by atoms with van der Waals surface area (Å²) in [6.45, 7) is 66.0. The average Bonchev–Trinajstić information content (AvgIpc) is 1.57. The normalized spacial score (nSPS) is 17.0. The molecule has 0 aromatic carbocycles. The van der Waals surface area contributed by atoms with Gasteiger partial charge in [-0.1, -0.05) is 90.0 Å². The molecule has 0 aromatic rings. The van der Waals surface area contributed by atoms with Crippen LogP contribution in [0.1, 0.15) is 323 Å². The SMILES string of the molecule is CCC(C)(C)C(=O)OCC(O)CCl.CCC(C)(C)C(=O)OCC1CCCO1.CCC(C)(C)C(=O)OCCN1CCOCC1.CCC(C)(C)C(=O)OCCOC.CCC(C)(C)C(=O)OCCOC(=O)CC(C)=O.CCC(C)(C)C(=O)OCCOCCOC.CCC(C)(C)C(=O)ON1C(=O)CCC1=O.CCC(C)C(=O)OC1(C)CCOC(=O)C1.CCC(C)C(=O)OCC1CCCO1.CCC(C)C(=O)OCCOCCOC. The number of aliphatic hydroxyl groups excluding tert-OH is 1. The van der Waals surface area contributed by atoms with Crippen molar-refractivity contribution in [2.24, 2.45) is 55.7 Å². The number of hydroxylamine groups is 2. The van der Waals surface area contributed by atoms with Gasteiger partial charge >= 0.3 is 71.6 Å². The molecule has 5 aliphatic rings. The molecule has 144 heavy (non-hydrogen) atoms. The van der Waals surface area contributed by atoms with E-state index in [0.29, 0.717) is 123 Å². The number of hydrogen-bond donors (Lipinski definition) is 1. The molecule has 5 aliphatic heterocycles. The number of imide groups is 1. The molecule has 5 fully saturated rings. The molecule has 2 amide bonds. The summed E-state index contributed by atoms with van der Waals surface area (Å²) in [6.07, 6.45) is 12.0. The van der Waals surface area contributed by atoms with Crippen molar-refractivity contribution in [2.75, 3.05) is 186 Å². The molecule has 5 rings (SSSR count). The Balaban J connectivity index is -0.000000498. The van der Waals surface area contributed by atoms with E-state index < -0.39 is 57.1 Å². The summed E-state index contributed by atoms with van der Waals surface area (Å²) in [4.78, 5) is 176. The minimum absolute atomic E-state index is 0.0152. The lowest BCUT2D eigenvalue weighted by atomic mass is 9.91. The van der Waals surface area contributed by atoms with Crippen LogP contribution in [0.5, 0.6) is 0 Å². The largest absolute Gasteiger partial charge is 0.465 e. The molecule has 0 aromatic heterocycles. The lowest BCUT2D eigenvalue weighted by Crippen LogP contribution is -2.41. The minimum Gasteiger partial charge on any atom is -0.465 e. The zero-order valence-corrected chi connectivity index (χ0v) is 94.8. The number of carbonyl (C=O) groups is 15. The summed E-state index contributed by atoms with van der Waals surface area (Å²) >= 11 is 5.34. The fourth-order valence-electron chi connectivity index (χ4n) is 9.94. The number of ketones is 1. The molecule has 0 aliphatic carbocycles. The Morgan fingerprint density at radius 3 is 1.12 bits per heavy atom. The predicted molar refractivity (Wildman–Crippen MR) is 542 cm³/mol. The van der Waals surface area contributed by atoms with Gasteiger partial charge in [0.2, 0.25) is 0 Å². The Bertz CT molecular complexity index is 3550. The number of amides is 2. The van der Waals surface area contributed by atoms with Crippen LogP contribution in [0.2, 0.25) is 0 Å². The second-order valence-corrected chi connectivity index (χ2v) is 40.3. The number of nitrogens with zero attached hydrogens (tertiary/aromatic N) is 2. The number of morpholine rings is 1. The lowest BCUT2D eigenvalue weighted by Gasteiger charge is -2.32. The van der Waals surface area contributed by atoms with Crippen molar-refractivity contribution in [3.05, 3.63) is 0 Å². The fourth-order valence-corrected chi connectivity index (χ4v) is 10.0. The summed E-state index contributed by atoms with van der Waals surface area (Å²) in [5.41, 5.74) is -3.84. The Hall–Kier alpha value is -7.66. The number of halogens is 1. The maximum atomic E-state index is 11.7. The molecule has 1 N–H and O–H groups in total. The maximum absolute atomic E-state index is 11.7. The number of methoxy groups -OCH3 is 3. The van der Waals surface area contributed by atoms with Crippen LogP contribution >= 0.6 is 11.6 Å². The van der Waals surface area contributed by atoms with E-state index in [1.54, 1.807) is 55.9 Å². The van der Waals surface area contributed by atoms with E-state index in [4.69, 9.17) is 112 Å². The first kappa shape index (κ1) is 145. The second-order valence-electron chi connectivity index (χ2n) is 39.9. The molecule has 0 spiro atoms. The predicted octanol–water partition coefficient (Wildman–Crippen LogP) is 15.4. The monoisotopic (exact) mass is 2090 g/mol. The number of rotatable bonds is 52. The van der Waals surface area contributed by atoms with Gasteiger partial charge in [0.25, 0.3) is 11.8 Å². The van der Waals surface area contributed by atoms with Crippen molar-refractivity contribution in [2.45, 2.75) is 347 Å². The van der Waals surface area contributed by atoms with Crippen LogP contribution in [0.15, 0.2) is 0 Å². The topological polar surface area (TPSA) is 467 Å². The molecule has 0 bridgehead atoms. The number of ether oxygens (including phenoxy) is 19. The van der Waals surface area contributed by atoms with Crippen molar-refractivity contribution in [1.82, 2.24) is 9.96 Å². The maximum Gasteiger partial charge on any atom is 0.338 e. The average molecular weight is 2090 g/mol. The molecule has 0 saturated carbocycles. The molecule has 0 radical (unpaired) electrons. The quantitative estimate of drug-likeness (QED) is 0.0148. The summed E-state index contributed by atoms with van der Waals surface area (Å²) < 4.78 is 96.0. The zero-order valence-electron chi connectivity index (χ0n) is 94.1. The molecule has 844 valence electrons. The summed E-state index contributed by atoms with van der Waals surface area (Å²) in [7, 11) is 4.82. The molecular formula is C105H191ClN2O36. The molecule has 7 atom stereocenters. The summed E-state index contributed by atoms with van der Waals surface area (Å²) in [5.74, 6) is -4.22. The van der Waals surface area contributed by atoms with Crippen LogP contribution in [-0.2, 0) is 167 Å². The van der Waals surface area contributed by atoms with Gasteiger partial charge in [-0.25, -0.2) is 4.79 Å². The van der Waals surface area contributed by atoms with Gasteiger partial charge in [-0.2, -0.15) is 0 Å².